The summed E-state index contributed by atoms with van der Waals surface area (Å²) in [5.41, 5.74) is 2.00. The lowest BCUT2D eigenvalue weighted by Gasteiger charge is -2.30. The molecule has 4 nitrogen and oxygen atoms in total. The molecule has 3 rings (SSSR count). The molecule has 1 aromatic carbocycles. The van der Waals surface area contributed by atoms with Gasteiger partial charge in [-0.15, -0.1) is 0 Å². The van der Waals surface area contributed by atoms with Gasteiger partial charge in [0.15, 0.2) is 0 Å². The lowest BCUT2D eigenvalue weighted by Crippen LogP contribution is -2.35. The zero-order valence-corrected chi connectivity index (χ0v) is 12.7. The molecule has 0 unspecified atom stereocenters. The van der Waals surface area contributed by atoms with E-state index in [1.807, 2.05) is 32.3 Å². The fourth-order valence-corrected chi connectivity index (χ4v) is 3.28. The van der Waals surface area contributed by atoms with E-state index in [2.05, 4.69) is 16.7 Å². The van der Waals surface area contributed by atoms with E-state index in [9.17, 15) is 4.79 Å². The van der Waals surface area contributed by atoms with Crippen LogP contribution in [0, 0.1) is 0 Å². The van der Waals surface area contributed by atoms with Crippen molar-refractivity contribution in [2.24, 2.45) is 7.05 Å². The first-order valence-electron chi connectivity index (χ1n) is 7.71. The van der Waals surface area contributed by atoms with Crippen LogP contribution in [0.2, 0.25) is 0 Å². The summed E-state index contributed by atoms with van der Waals surface area (Å²) in [6.45, 7) is 0. The monoisotopic (exact) mass is 285 g/mol. The van der Waals surface area contributed by atoms with Crippen molar-refractivity contribution in [1.82, 2.24) is 9.88 Å². The molecule has 0 atom stereocenters. The van der Waals surface area contributed by atoms with Crippen molar-refractivity contribution in [3.05, 3.63) is 40.7 Å². The maximum absolute atomic E-state index is 12.1. The molecule has 1 heterocycles. The standard InChI is InChI=1S/C17H23N3O/c1-18-12-7-9-13(10-8-12)19-15-11-17(21)20(2)16-6-4-3-5-14(15)16/h3-6,11-13,18-19H,7-10H2,1-2H3. The third-order valence-corrected chi connectivity index (χ3v) is 4.65. The molecule has 2 N–H and O–H groups in total. The Morgan fingerprint density at radius 3 is 2.48 bits per heavy atom. The van der Waals surface area contributed by atoms with Crippen molar-refractivity contribution in [1.29, 1.82) is 0 Å². The highest BCUT2D eigenvalue weighted by Crippen LogP contribution is 2.26. The predicted octanol–water partition coefficient (Wildman–Crippen LogP) is 2.48. The Bertz CT molecular complexity index is 684. The van der Waals surface area contributed by atoms with Gasteiger partial charge in [0.25, 0.3) is 5.56 Å². The van der Waals surface area contributed by atoms with Gasteiger partial charge < -0.3 is 15.2 Å². The van der Waals surface area contributed by atoms with E-state index in [1.54, 1.807) is 10.6 Å². The number of hydrogen-bond donors (Lipinski definition) is 2. The minimum Gasteiger partial charge on any atom is -0.382 e. The molecule has 1 aliphatic carbocycles. The van der Waals surface area contributed by atoms with Crippen LogP contribution >= 0.6 is 0 Å². The number of hydrogen-bond acceptors (Lipinski definition) is 3. The van der Waals surface area contributed by atoms with E-state index in [0.29, 0.717) is 12.1 Å². The van der Waals surface area contributed by atoms with Gasteiger partial charge in [0.2, 0.25) is 0 Å². The Morgan fingerprint density at radius 1 is 1.10 bits per heavy atom. The number of rotatable bonds is 3. The second-order valence-electron chi connectivity index (χ2n) is 5.95. The second-order valence-corrected chi connectivity index (χ2v) is 5.95. The lowest BCUT2D eigenvalue weighted by atomic mass is 9.91. The van der Waals surface area contributed by atoms with Crippen LogP contribution in [-0.2, 0) is 7.05 Å². The van der Waals surface area contributed by atoms with Crippen LogP contribution in [0.4, 0.5) is 5.69 Å². The van der Waals surface area contributed by atoms with E-state index in [0.717, 1.165) is 29.4 Å². The molecule has 21 heavy (non-hydrogen) atoms. The normalized spacial score (nSPS) is 22.4. The largest absolute Gasteiger partial charge is 0.382 e. The molecule has 2 aromatic rings. The van der Waals surface area contributed by atoms with Gasteiger partial charge in [0.1, 0.15) is 0 Å². The highest BCUT2D eigenvalue weighted by molar-refractivity contribution is 5.91. The third kappa shape index (κ3) is 2.81. The van der Waals surface area contributed by atoms with Crippen molar-refractivity contribution < 1.29 is 0 Å². The number of aryl methyl sites for hydroxylation is 1. The van der Waals surface area contributed by atoms with Crippen molar-refractivity contribution in [2.75, 3.05) is 12.4 Å². The van der Waals surface area contributed by atoms with Crippen molar-refractivity contribution in [2.45, 2.75) is 37.8 Å². The average molecular weight is 285 g/mol. The van der Waals surface area contributed by atoms with Crippen molar-refractivity contribution >= 4 is 16.6 Å². The Labute approximate surface area is 125 Å². The Morgan fingerprint density at radius 2 is 1.76 bits per heavy atom. The van der Waals surface area contributed by atoms with Crippen molar-refractivity contribution in [3.63, 3.8) is 0 Å². The molecule has 0 spiro atoms. The van der Waals surface area contributed by atoms with Crippen LogP contribution < -0.4 is 16.2 Å². The minimum absolute atomic E-state index is 0.0418. The second kappa shape index (κ2) is 5.90. The zero-order valence-electron chi connectivity index (χ0n) is 12.7. The fraction of sp³-hybridized carbons (Fsp3) is 0.471. The van der Waals surface area contributed by atoms with Crippen LogP contribution in [0.25, 0.3) is 10.9 Å². The van der Waals surface area contributed by atoms with Gasteiger partial charge in [-0.05, 0) is 38.8 Å². The molecule has 0 bridgehead atoms. The topological polar surface area (TPSA) is 46.1 Å². The maximum atomic E-state index is 12.1. The quantitative estimate of drug-likeness (QED) is 0.910. The third-order valence-electron chi connectivity index (χ3n) is 4.65. The number of nitrogens with zero attached hydrogens (tertiary/aromatic N) is 1. The summed E-state index contributed by atoms with van der Waals surface area (Å²) < 4.78 is 1.71. The van der Waals surface area contributed by atoms with E-state index < -0.39 is 0 Å². The van der Waals surface area contributed by atoms with E-state index in [-0.39, 0.29) is 5.56 Å². The fourth-order valence-electron chi connectivity index (χ4n) is 3.28. The number of aromatic nitrogens is 1. The molecular formula is C17H23N3O. The molecular weight excluding hydrogens is 262 g/mol. The summed E-state index contributed by atoms with van der Waals surface area (Å²) in [5, 5.41) is 8.07. The van der Waals surface area contributed by atoms with E-state index in [1.165, 1.54) is 12.8 Å². The van der Waals surface area contributed by atoms with Crippen LogP contribution in [-0.4, -0.2) is 23.7 Å². The number of nitrogens with one attached hydrogen (secondary N) is 2. The van der Waals surface area contributed by atoms with Gasteiger partial charge in [-0.25, -0.2) is 0 Å². The Balaban J connectivity index is 1.88. The first kappa shape index (κ1) is 14.1. The van der Waals surface area contributed by atoms with Crippen LogP contribution in [0.15, 0.2) is 35.1 Å². The van der Waals surface area contributed by atoms with Gasteiger partial charge in [-0.2, -0.15) is 0 Å². The van der Waals surface area contributed by atoms with Gasteiger partial charge >= 0.3 is 0 Å². The van der Waals surface area contributed by atoms with Gasteiger partial charge in [0.05, 0.1) is 5.52 Å². The molecule has 0 amide bonds. The van der Waals surface area contributed by atoms with Crippen molar-refractivity contribution in [3.8, 4) is 0 Å². The zero-order chi connectivity index (χ0) is 14.8. The maximum Gasteiger partial charge on any atom is 0.252 e. The SMILES string of the molecule is CNC1CCC(Nc2cc(=O)n(C)c3ccccc23)CC1. The number of para-hydroxylation sites is 1. The van der Waals surface area contributed by atoms with Gasteiger partial charge in [0, 0.05) is 36.3 Å². The number of benzene rings is 1. The summed E-state index contributed by atoms with van der Waals surface area (Å²) in [5.74, 6) is 0. The highest BCUT2D eigenvalue weighted by Gasteiger charge is 2.20. The summed E-state index contributed by atoms with van der Waals surface area (Å²) in [7, 11) is 3.86. The van der Waals surface area contributed by atoms with Crippen LogP contribution in [0.5, 0.6) is 0 Å². The predicted molar refractivity (Wildman–Crippen MR) is 87.9 cm³/mol. The molecule has 112 valence electrons. The molecule has 1 aliphatic rings. The molecule has 0 radical (unpaired) electrons. The number of anilines is 1. The number of pyridine rings is 1. The van der Waals surface area contributed by atoms with Gasteiger partial charge in [-0.3, -0.25) is 4.79 Å². The molecule has 0 aliphatic heterocycles. The first-order valence-corrected chi connectivity index (χ1v) is 7.71. The highest BCUT2D eigenvalue weighted by atomic mass is 16.1. The minimum atomic E-state index is 0.0418. The molecule has 4 heteroatoms. The number of fused-ring (bicyclic) bond motifs is 1. The smallest absolute Gasteiger partial charge is 0.252 e. The Hall–Kier alpha value is -1.81. The summed E-state index contributed by atoms with van der Waals surface area (Å²) in [6.07, 6.45) is 4.68. The molecule has 0 saturated heterocycles. The first-order chi connectivity index (χ1) is 10.2. The summed E-state index contributed by atoms with van der Waals surface area (Å²) in [6, 6.07) is 10.9. The summed E-state index contributed by atoms with van der Waals surface area (Å²) in [4.78, 5) is 12.1. The van der Waals surface area contributed by atoms with E-state index in [4.69, 9.17) is 0 Å². The van der Waals surface area contributed by atoms with Crippen LogP contribution in [0.1, 0.15) is 25.7 Å². The molecule has 1 saturated carbocycles. The lowest BCUT2D eigenvalue weighted by molar-refractivity contribution is 0.371. The molecule has 1 fully saturated rings. The average Bonchev–Trinajstić information content (AvgIpc) is 2.53. The van der Waals surface area contributed by atoms with Crippen LogP contribution in [0.3, 0.4) is 0 Å². The van der Waals surface area contributed by atoms with Gasteiger partial charge in [-0.1, -0.05) is 18.2 Å². The summed E-state index contributed by atoms with van der Waals surface area (Å²) >= 11 is 0. The molecule has 1 aromatic heterocycles. The Kier molecular flexibility index (Phi) is 3.97. The van der Waals surface area contributed by atoms with E-state index >= 15 is 0 Å².